The summed E-state index contributed by atoms with van der Waals surface area (Å²) in [5.41, 5.74) is 1.34. The number of nitrogens with one attached hydrogen (secondary N) is 1. The Morgan fingerprint density at radius 2 is 1.78 bits per heavy atom. The molecule has 0 aliphatic carbocycles. The summed E-state index contributed by atoms with van der Waals surface area (Å²) in [5, 5.41) is 14.5. The molecule has 9 nitrogen and oxygen atoms in total. The summed E-state index contributed by atoms with van der Waals surface area (Å²) >= 11 is 6.39. The Hall–Kier alpha value is -4.11. The standard InChI is InChI=1S/C27H28ClN3O6/c1-3-29-27(33)24(15-19-9-5-4-6-10-19)30(17-20-11-7-8-12-22(20)28)26(32)18-37-21-13-14-23(31(34)35)25(16-21)36-2/h4-14,16,24H,3,15,17-18H2,1-2H3,(H,29,33)/t24-/m1/s1. The van der Waals surface area contributed by atoms with Crippen molar-refractivity contribution in [2.75, 3.05) is 20.3 Å². The molecule has 0 heterocycles. The highest BCUT2D eigenvalue weighted by atomic mass is 35.5. The highest BCUT2D eigenvalue weighted by molar-refractivity contribution is 6.31. The lowest BCUT2D eigenvalue weighted by atomic mass is 10.0. The predicted molar refractivity (Wildman–Crippen MR) is 140 cm³/mol. The summed E-state index contributed by atoms with van der Waals surface area (Å²) in [6, 6.07) is 19.7. The molecule has 10 heteroatoms. The fourth-order valence-electron chi connectivity index (χ4n) is 3.78. The Morgan fingerprint density at radius 1 is 1.08 bits per heavy atom. The molecule has 1 N–H and O–H groups in total. The number of ether oxygens (including phenoxy) is 2. The molecule has 0 bridgehead atoms. The maximum atomic E-state index is 13.5. The first-order valence-corrected chi connectivity index (χ1v) is 12.0. The van der Waals surface area contributed by atoms with E-state index in [1.807, 2.05) is 43.3 Å². The number of likely N-dealkylation sites (N-methyl/N-ethyl adjacent to an activating group) is 1. The molecule has 3 aromatic carbocycles. The van der Waals surface area contributed by atoms with Gasteiger partial charge in [-0.25, -0.2) is 0 Å². The molecule has 0 aliphatic rings. The van der Waals surface area contributed by atoms with Crippen molar-refractivity contribution < 1.29 is 24.0 Å². The van der Waals surface area contributed by atoms with Crippen molar-refractivity contribution >= 4 is 29.1 Å². The zero-order valence-corrected chi connectivity index (χ0v) is 21.3. The van der Waals surface area contributed by atoms with Crippen molar-refractivity contribution in [3.8, 4) is 11.5 Å². The number of nitrogens with zero attached hydrogens (tertiary/aromatic N) is 2. The molecule has 0 spiro atoms. The van der Waals surface area contributed by atoms with Gasteiger partial charge in [-0.1, -0.05) is 60.1 Å². The zero-order chi connectivity index (χ0) is 26.8. The van der Waals surface area contributed by atoms with Gasteiger partial charge in [-0.2, -0.15) is 0 Å². The number of hydrogen-bond donors (Lipinski definition) is 1. The normalized spacial score (nSPS) is 11.3. The van der Waals surface area contributed by atoms with Crippen molar-refractivity contribution in [3.05, 3.63) is 99.1 Å². The van der Waals surface area contributed by atoms with Crippen LogP contribution >= 0.6 is 11.6 Å². The smallest absolute Gasteiger partial charge is 0.311 e. The molecular weight excluding hydrogens is 498 g/mol. The maximum absolute atomic E-state index is 13.5. The van der Waals surface area contributed by atoms with Crippen LogP contribution in [0.1, 0.15) is 18.1 Å². The number of carbonyl (C=O) groups is 2. The van der Waals surface area contributed by atoms with Crippen LogP contribution < -0.4 is 14.8 Å². The lowest BCUT2D eigenvalue weighted by Gasteiger charge is -2.31. The van der Waals surface area contributed by atoms with Crippen molar-refractivity contribution in [2.45, 2.75) is 25.9 Å². The second-order valence-corrected chi connectivity index (χ2v) is 8.50. The molecule has 3 rings (SSSR count). The summed E-state index contributed by atoms with van der Waals surface area (Å²) in [4.78, 5) is 38.8. The Kier molecular flexibility index (Phi) is 9.85. The van der Waals surface area contributed by atoms with Crippen molar-refractivity contribution in [2.24, 2.45) is 0 Å². The average molecular weight is 526 g/mol. The molecule has 0 saturated heterocycles. The number of rotatable bonds is 12. The first-order valence-electron chi connectivity index (χ1n) is 11.6. The van der Waals surface area contributed by atoms with Crippen LogP contribution in [-0.4, -0.2) is 47.9 Å². The van der Waals surface area contributed by atoms with E-state index in [0.717, 1.165) is 5.56 Å². The van der Waals surface area contributed by atoms with Gasteiger partial charge in [0, 0.05) is 36.7 Å². The van der Waals surface area contributed by atoms with Crippen molar-refractivity contribution in [1.82, 2.24) is 10.2 Å². The van der Waals surface area contributed by atoms with Gasteiger partial charge in [0.15, 0.2) is 6.61 Å². The van der Waals surface area contributed by atoms with Crippen LogP contribution in [0.3, 0.4) is 0 Å². The summed E-state index contributed by atoms with van der Waals surface area (Å²) in [6.07, 6.45) is 0.286. The summed E-state index contributed by atoms with van der Waals surface area (Å²) < 4.78 is 10.7. The second kappa shape index (κ2) is 13.3. The molecule has 1 atom stereocenters. The van der Waals surface area contributed by atoms with Gasteiger partial charge in [-0.15, -0.1) is 0 Å². The van der Waals surface area contributed by atoms with E-state index < -0.39 is 23.5 Å². The first-order chi connectivity index (χ1) is 17.8. The number of hydrogen-bond acceptors (Lipinski definition) is 6. The van der Waals surface area contributed by atoms with Crippen molar-refractivity contribution in [3.63, 3.8) is 0 Å². The third-order valence-electron chi connectivity index (χ3n) is 5.63. The van der Waals surface area contributed by atoms with Gasteiger partial charge in [0.25, 0.3) is 5.91 Å². The van der Waals surface area contributed by atoms with E-state index in [4.69, 9.17) is 21.1 Å². The van der Waals surface area contributed by atoms with E-state index in [2.05, 4.69) is 5.32 Å². The first kappa shape index (κ1) is 27.5. The van der Waals surface area contributed by atoms with E-state index in [9.17, 15) is 19.7 Å². The van der Waals surface area contributed by atoms with Crippen LogP contribution in [0, 0.1) is 10.1 Å². The Morgan fingerprint density at radius 3 is 2.43 bits per heavy atom. The summed E-state index contributed by atoms with van der Waals surface area (Å²) in [5.74, 6) is -0.536. The van der Waals surface area contributed by atoms with Crippen LogP contribution in [0.4, 0.5) is 5.69 Å². The van der Waals surface area contributed by atoms with Crippen LogP contribution in [0.25, 0.3) is 0 Å². The molecule has 194 valence electrons. The van der Waals surface area contributed by atoms with Crippen LogP contribution in [0.5, 0.6) is 11.5 Å². The van der Waals surface area contributed by atoms with E-state index in [-0.39, 0.29) is 36.1 Å². The molecule has 0 radical (unpaired) electrons. The molecule has 2 amide bonds. The Balaban J connectivity index is 1.90. The molecule has 0 aliphatic heterocycles. The number of benzene rings is 3. The van der Waals surface area contributed by atoms with E-state index in [1.54, 1.807) is 18.2 Å². The minimum atomic E-state index is -0.832. The molecule has 0 saturated carbocycles. The van der Waals surface area contributed by atoms with Gasteiger partial charge in [-0.05, 0) is 30.2 Å². The molecule has 3 aromatic rings. The quantitative estimate of drug-likeness (QED) is 0.277. The monoisotopic (exact) mass is 525 g/mol. The fraction of sp³-hybridized carbons (Fsp3) is 0.259. The molecule has 37 heavy (non-hydrogen) atoms. The van der Waals surface area contributed by atoms with E-state index >= 15 is 0 Å². The maximum Gasteiger partial charge on any atom is 0.311 e. The summed E-state index contributed by atoms with van der Waals surface area (Å²) in [6.45, 7) is 1.89. The lowest BCUT2D eigenvalue weighted by molar-refractivity contribution is -0.385. The highest BCUT2D eigenvalue weighted by Crippen LogP contribution is 2.31. The van der Waals surface area contributed by atoms with Gasteiger partial charge in [0.05, 0.1) is 12.0 Å². The van der Waals surface area contributed by atoms with E-state index in [1.165, 1.54) is 30.2 Å². The molecule has 0 aromatic heterocycles. The third-order valence-corrected chi connectivity index (χ3v) is 6.00. The minimum absolute atomic E-state index is 0.00662. The van der Waals surface area contributed by atoms with Gasteiger partial charge < -0.3 is 19.7 Å². The molecule has 0 unspecified atom stereocenters. The Bertz CT molecular complexity index is 1240. The molecule has 0 fully saturated rings. The van der Waals surface area contributed by atoms with Gasteiger partial charge in [-0.3, -0.25) is 19.7 Å². The van der Waals surface area contributed by atoms with Crippen molar-refractivity contribution in [1.29, 1.82) is 0 Å². The van der Waals surface area contributed by atoms with Crippen LogP contribution in [-0.2, 0) is 22.6 Å². The SMILES string of the molecule is CCNC(=O)[C@@H](Cc1ccccc1)N(Cc1ccccc1Cl)C(=O)COc1ccc([N+](=O)[O-])c(OC)c1. The van der Waals surface area contributed by atoms with Crippen LogP contribution in [0.2, 0.25) is 5.02 Å². The van der Waals surface area contributed by atoms with Gasteiger partial charge in [0.1, 0.15) is 11.8 Å². The highest BCUT2D eigenvalue weighted by Gasteiger charge is 2.31. The van der Waals surface area contributed by atoms with Gasteiger partial charge >= 0.3 is 5.69 Å². The average Bonchev–Trinajstić information content (AvgIpc) is 2.90. The van der Waals surface area contributed by atoms with Gasteiger partial charge in [0.2, 0.25) is 11.7 Å². The molecular formula is C27H28ClN3O6. The fourth-order valence-corrected chi connectivity index (χ4v) is 3.98. The topological polar surface area (TPSA) is 111 Å². The predicted octanol–water partition coefficient (Wildman–Crippen LogP) is 4.41. The van der Waals surface area contributed by atoms with E-state index in [0.29, 0.717) is 17.1 Å². The number of halogens is 1. The summed E-state index contributed by atoms with van der Waals surface area (Å²) in [7, 11) is 1.31. The third kappa shape index (κ3) is 7.44. The number of methoxy groups -OCH3 is 1. The zero-order valence-electron chi connectivity index (χ0n) is 20.6. The Labute approximate surface area is 220 Å². The van der Waals surface area contributed by atoms with Crippen LogP contribution in [0.15, 0.2) is 72.8 Å². The minimum Gasteiger partial charge on any atom is -0.490 e. The lowest BCUT2D eigenvalue weighted by Crippen LogP contribution is -2.51. The number of nitro groups is 1. The number of amides is 2. The largest absolute Gasteiger partial charge is 0.490 e. The second-order valence-electron chi connectivity index (χ2n) is 8.09. The number of nitro benzene ring substituents is 1. The number of carbonyl (C=O) groups excluding carboxylic acids is 2.